The van der Waals surface area contributed by atoms with E-state index in [2.05, 4.69) is 69.8 Å². The molecule has 0 radical (unpaired) electrons. The average Bonchev–Trinajstić information content (AvgIpc) is 2.90. The molecule has 0 N–H and O–H groups in total. The molecule has 1 unspecified atom stereocenters. The highest BCUT2D eigenvalue weighted by atomic mass is 79.9. The van der Waals surface area contributed by atoms with Crippen molar-refractivity contribution in [2.45, 2.75) is 57.5 Å². The van der Waals surface area contributed by atoms with Crippen LogP contribution in [0.5, 0.6) is 0 Å². The molecule has 1 aromatic heterocycles. The van der Waals surface area contributed by atoms with Crippen LogP contribution in [0, 0.1) is 5.92 Å². The lowest BCUT2D eigenvalue weighted by molar-refractivity contribution is -0.138. The Kier molecular flexibility index (Phi) is 7.35. The van der Waals surface area contributed by atoms with Crippen LogP contribution >= 0.6 is 43.5 Å². The molecule has 7 heteroatoms. The van der Waals surface area contributed by atoms with Crippen LogP contribution in [0.15, 0.2) is 33.3 Å². The Morgan fingerprint density at radius 1 is 1.22 bits per heavy atom. The number of halogens is 3. The smallest absolute Gasteiger partial charge is 0.239 e. The molecule has 1 aromatic carbocycles. The summed E-state index contributed by atoms with van der Waals surface area (Å²) < 4.78 is 2.05. The minimum absolute atomic E-state index is 0.113. The van der Waals surface area contributed by atoms with E-state index < -0.39 is 0 Å². The summed E-state index contributed by atoms with van der Waals surface area (Å²) in [7, 11) is 3.99. The zero-order valence-electron chi connectivity index (χ0n) is 19.0. The van der Waals surface area contributed by atoms with Crippen molar-refractivity contribution >= 4 is 49.4 Å². The number of hydrogen-bond acceptors (Lipinski definition) is 3. The Balaban J connectivity index is 1.79. The number of amides is 1. The Labute approximate surface area is 213 Å². The number of carbonyl (C=O) groups is 1. The lowest BCUT2D eigenvalue weighted by atomic mass is 9.74. The second kappa shape index (κ2) is 9.73. The van der Waals surface area contributed by atoms with Crippen LogP contribution in [-0.2, 0) is 17.6 Å². The van der Waals surface area contributed by atoms with E-state index in [0.29, 0.717) is 5.92 Å². The summed E-state index contributed by atoms with van der Waals surface area (Å²) in [5.74, 6) is 0.665. The van der Waals surface area contributed by atoms with E-state index in [1.807, 2.05) is 24.2 Å². The van der Waals surface area contributed by atoms with Gasteiger partial charge in [0.05, 0.1) is 11.7 Å². The van der Waals surface area contributed by atoms with Crippen LogP contribution in [-0.4, -0.2) is 53.4 Å². The number of benzene rings is 1. The number of carbonyl (C=O) groups excluding carboxylic acids is 1. The van der Waals surface area contributed by atoms with Crippen molar-refractivity contribution in [3.8, 4) is 0 Å². The number of likely N-dealkylation sites (tertiary alicyclic amines) is 1. The SMILES string of the molecule is CC(C)N(C)C(=O)[C@H]1CC([C@H]2c3ncc(Br)cc3CCc3cc(Cl)cc(Br)c32)CCN1C. The fourth-order valence-electron chi connectivity index (χ4n) is 5.22. The molecule has 2 aliphatic rings. The van der Waals surface area contributed by atoms with Crippen LogP contribution in [0.2, 0.25) is 5.02 Å². The molecule has 3 atom stereocenters. The number of aromatic nitrogens is 1. The van der Waals surface area contributed by atoms with E-state index in [-0.39, 0.29) is 23.9 Å². The van der Waals surface area contributed by atoms with Gasteiger partial charge in [-0.3, -0.25) is 14.7 Å². The van der Waals surface area contributed by atoms with Crippen LogP contribution in [0.3, 0.4) is 0 Å². The third-order valence-electron chi connectivity index (χ3n) is 7.21. The lowest BCUT2D eigenvalue weighted by Crippen LogP contribution is -2.52. The number of aryl methyl sites for hydroxylation is 2. The predicted molar refractivity (Wildman–Crippen MR) is 137 cm³/mol. The third kappa shape index (κ3) is 4.66. The van der Waals surface area contributed by atoms with E-state index in [9.17, 15) is 4.79 Å². The van der Waals surface area contributed by atoms with Gasteiger partial charge < -0.3 is 4.90 Å². The monoisotopic (exact) mass is 581 g/mol. The summed E-state index contributed by atoms with van der Waals surface area (Å²) in [5.41, 5.74) is 5.00. The maximum absolute atomic E-state index is 13.3. The minimum Gasteiger partial charge on any atom is -0.342 e. The lowest BCUT2D eigenvalue weighted by Gasteiger charge is -2.41. The highest BCUT2D eigenvalue weighted by Crippen LogP contribution is 2.47. The molecule has 32 heavy (non-hydrogen) atoms. The first-order valence-corrected chi connectivity index (χ1v) is 13.2. The van der Waals surface area contributed by atoms with E-state index in [1.54, 1.807) is 0 Å². The van der Waals surface area contributed by atoms with Crippen LogP contribution in [0.4, 0.5) is 0 Å². The van der Waals surface area contributed by atoms with Crippen molar-refractivity contribution < 1.29 is 4.79 Å². The fraction of sp³-hybridized carbons (Fsp3) is 0.520. The molecule has 1 aliphatic carbocycles. The van der Waals surface area contributed by atoms with E-state index >= 15 is 0 Å². The van der Waals surface area contributed by atoms with Gasteiger partial charge in [-0.2, -0.15) is 0 Å². The number of pyridine rings is 1. The molecule has 0 bridgehead atoms. The summed E-state index contributed by atoms with van der Waals surface area (Å²) in [6, 6.07) is 6.39. The van der Waals surface area contributed by atoms with Gasteiger partial charge in [0.15, 0.2) is 0 Å². The first kappa shape index (κ1) is 24.2. The number of hydrogen-bond donors (Lipinski definition) is 0. The minimum atomic E-state index is -0.113. The van der Waals surface area contributed by atoms with Gasteiger partial charge in [0.2, 0.25) is 5.91 Å². The van der Waals surface area contributed by atoms with Gasteiger partial charge in [-0.15, -0.1) is 0 Å². The van der Waals surface area contributed by atoms with Gasteiger partial charge in [-0.05, 0) is 110 Å². The topological polar surface area (TPSA) is 36.4 Å². The van der Waals surface area contributed by atoms with Crippen molar-refractivity contribution in [3.05, 3.63) is 60.7 Å². The summed E-state index contributed by atoms with van der Waals surface area (Å²) >= 11 is 13.9. The van der Waals surface area contributed by atoms with Crippen LogP contribution < -0.4 is 0 Å². The number of likely N-dealkylation sites (N-methyl/N-ethyl adjacent to an activating group) is 2. The molecule has 172 valence electrons. The number of nitrogens with zero attached hydrogens (tertiary/aromatic N) is 3. The van der Waals surface area contributed by atoms with Crippen LogP contribution in [0.1, 0.15) is 55.0 Å². The fourth-order valence-corrected chi connectivity index (χ4v) is 6.72. The molecule has 0 spiro atoms. The van der Waals surface area contributed by atoms with Crippen molar-refractivity contribution in [2.75, 3.05) is 20.6 Å². The highest BCUT2D eigenvalue weighted by molar-refractivity contribution is 9.10. The normalized spacial score (nSPS) is 23.4. The number of rotatable bonds is 3. The molecule has 4 rings (SSSR count). The molecular weight excluding hydrogens is 554 g/mol. The Morgan fingerprint density at radius 2 is 1.94 bits per heavy atom. The van der Waals surface area contributed by atoms with E-state index in [0.717, 1.165) is 51.9 Å². The summed E-state index contributed by atoms with van der Waals surface area (Å²) in [6.07, 6.45) is 5.62. The second-order valence-corrected chi connectivity index (χ2v) is 11.7. The predicted octanol–water partition coefficient (Wildman–Crippen LogP) is 6.07. The Hall–Kier alpha value is -0.950. The molecule has 1 fully saturated rings. The standard InChI is InChI=1S/C25H30Br2ClN3O/c1-14(2)31(4)25(32)21-11-16(7-8-30(21)3)23-22-15(10-19(28)12-20(22)27)5-6-17-9-18(26)13-29-24(17)23/h9-10,12-14,16,21,23H,5-8,11H2,1-4H3/t16?,21-,23-/m1/s1. The largest absolute Gasteiger partial charge is 0.342 e. The quantitative estimate of drug-likeness (QED) is 0.440. The van der Waals surface area contributed by atoms with E-state index in [1.165, 1.54) is 16.7 Å². The molecule has 1 aliphatic heterocycles. The molecule has 2 aromatic rings. The van der Waals surface area contributed by atoms with Gasteiger partial charge in [0, 0.05) is 39.2 Å². The zero-order valence-corrected chi connectivity index (χ0v) is 23.0. The maximum atomic E-state index is 13.3. The number of piperidine rings is 1. The molecule has 1 amide bonds. The van der Waals surface area contributed by atoms with Crippen LogP contribution in [0.25, 0.3) is 0 Å². The second-order valence-electron chi connectivity index (χ2n) is 9.46. The first-order chi connectivity index (χ1) is 15.2. The van der Waals surface area contributed by atoms with Gasteiger partial charge in [-0.25, -0.2) is 0 Å². The van der Waals surface area contributed by atoms with Gasteiger partial charge in [-0.1, -0.05) is 27.5 Å². The van der Waals surface area contributed by atoms with Crippen molar-refractivity contribution in [2.24, 2.45) is 5.92 Å². The van der Waals surface area contributed by atoms with Crippen molar-refractivity contribution in [1.29, 1.82) is 0 Å². The first-order valence-electron chi connectivity index (χ1n) is 11.3. The molecule has 0 saturated carbocycles. The Morgan fingerprint density at radius 3 is 2.66 bits per heavy atom. The van der Waals surface area contributed by atoms with Gasteiger partial charge in [0.1, 0.15) is 0 Å². The van der Waals surface area contributed by atoms with Crippen molar-refractivity contribution in [3.63, 3.8) is 0 Å². The summed E-state index contributed by atoms with van der Waals surface area (Å²) in [4.78, 5) is 22.4. The van der Waals surface area contributed by atoms with Gasteiger partial charge in [0.25, 0.3) is 0 Å². The van der Waals surface area contributed by atoms with E-state index in [4.69, 9.17) is 16.6 Å². The zero-order chi connectivity index (χ0) is 23.2. The Bertz CT molecular complexity index is 1030. The molecule has 4 nitrogen and oxygen atoms in total. The third-order valence-corrected chi connectivity index (χ3v) is 8.51. The van der Waals surface area contributed by atoms with Gasteiger partial charge >= 0.3 is 0 Å². The number of fused-ring (bicyclic) bond motifs is 2. The summed E-state index contributed by atoms with van der Waals surface area (Å²) in [5, 5.41) is 0.754. The van der Waals surface area contributed by atoms with Crippen molar-refractivity contribution in [1.82, 2.24) is 14.8 Å². The average molecular weight is 584 g/mol. The highest BCUT2D eigenvalue weighted by Gasteiger charge is 2.40. The molecular formula is C25H30Br2ClN3O. The molecule has 1 saturated heterocycles. The maximum Gasteiger partial charge on any atom is 0.239 e. The summed E-state index contributed by atoms with van der Waals surface area (Å²) in [6.45, 7) is 5.03. The molecule has 2 heterocycles.